The lowest BCUT2D eigenvalue weighted by atomic mass is 9.89. The molecular weight excluding hydrogens is 695 g/mol. The third-order valence-corrected chi connectivity index (χ3v) is 10.9. The van der Waals surface area contributed by atoms with E-state index in [0.29, 0.717) is 17.5 Å². The van der Waals surface area contributed by atoms with E-state index in [0.717, 1.165) is 55.7 Å². The topological polar surface area (TPSA) is 51.8 Å². The molecule has 9 aromatic carbocycles. The van der Waals surface area contributed by atoms with Gasteiger partial charge in [0, 0.05) is 27.6 Å². The lowest BCUT2D eigenvalue weighted by molar-refractivity contribution is 0.631. The van der Waals surface area contributed by atoms with Crippen molar-refractivity contribution in [3.8, 4) is 67.7 Å². The fourth-order valence-corrected chi connectivity index (χ4v) is 8.15. The molecule has 0 aliphatic carbocycles. The zero-order valence-corrected chi connectivity index (χ0v) is 30.8. The number of aromatic nitrogens is 3. The van der Waals surface area contributed by atoms with Crippen molar-refractivity contribution in [2.45, 2.75) is 0 Å². The van der Waals surface area contributed by atoms with Crippen LogP contribution >= 0.6 is 0 Å². The van der Waals surface area contributed by atoms with Gasteiger partial charge in [0.05, 0.1) is 0 Å². The molecule has 4 nitrogen and oxygen atoms in total. The minimum Gasteiger partial charge on any atom is -0.456 e. The second-order valence-corrected chi connectivity index (χ2v) is 14.4. The van der Waals surface area contributed by atoms with E-state index < -0.39 is 0 Å². The molecule has 0 spiro atoms. The minimum atomic E-state index is 0.576. The molecular formula is C53H33N3O. The number of furan rings is 1. The molecule has 0 amide bonds. The third kappa shape index (κ3) is 5.83. The van der Waals surface area contributed by atoms with E-state index in [4.69, 9.17) is 19.4 Å². The van der Waals surface area contributed by atoms with E-state index in [1.165, 1.54) is 37.9 Å². The van der Waals surface area contributed by atoms with Gasteiger partial charge >= 0.3 is 0 Å². The molecule has 0 radical (unpaired) electrons. The molecule has 0 fully saturated rings. The molecule has 0 atom stereocenters. The van der Waals surface area contributed by atoms with E-state index in [9.17, 15) is 0 Å². The zero-order chi connectivity index (χ0) is 37.7. The first-order valence-corrected chi connectivity index (χ1v) is 19.2. The molecule has 0 saturated heterocycles. The van der Waals surface area contributed by atoms with Crippen LogP contribution in [0.2, 0.25) is 0 Å². The van der Waals surface area contributed by atoms with Crippen molar-refractivity contribution in [2.24, 2.45) is 0 Å². The lowest BCUT2D eigenvalue weighted by Gasteiger charge is -2.15. The smallest absolute Gasteiger partial charge is 0.164 e. The van der Waals surface area contributed by atoms with Crippen LogP contribution in [0.3, 0.4) is 0 Å². The average molecular weight is 728 g/mol. The number of hydrogen-bond acceptors (Lipinski definition) is 4. The summed E-state index contributed by atoms with van der Waals surface area (Å²) in [5, 5.41) is 8.45. The monoisotopic (exact) mass is 727 g/mol. The van der Waals surface area contributed by atoms with Crippen LogP contribution in [-0.2, 0) is 0 Å². The van der Waals surface area contributed by atoms with Crippen molar-refractivity contribution in [1.82, 2.24) is 15.0 Å². The third-order valence-electron chi connectivity index (χ3n) is 10.9. The predicted octanol–water partition coefficient (Wildman–Crippen LogP) is 14.1. The molecule has 2 heterocycles. The Balaban J connectivity index is 1.08. The van der Waals surface area contributed by atoms with E-state index in [2.05, 4.69) is 164 Å². The molecule has 0 saturated carbocycles. The molecule has 4 heteroatoms. The van der Waals surface area contributed by atoms with Gasteiger partial charge in [-0.3, -0.25) is 0 Å². The van der Waals surface area contributed by atoms with Crippen LogP contribution in [0, 0.1) is 0 Å². The average Bonchev–Trinajstić information content (AvgIpc) is 3.73. The Bertz CT molecular complexity index is 3260. The van der Waals surface area contributed by atoms with Gasteiger partial charge in [-0.05, 0) is 78.8 Å². The number of nitrogens with zero attached hydrogens (tertiary/aromatic N) is 3. The summed E-state index contributed by atoms with van der Waals surface area (Å²) in [4.78, 5) is 15.5. The van der Waals surface area contributed by atoms with Crippen molar-refractivity contribution in [2.75, 3.05) is 0 Å². The summed E-state index contributed by atoms with van der Waals surface area (Å²) in [5.74, 6) is 2.54. The van der Waals surface area contributed by atoms with Gasteiger partial charge in [-0.25, -0.2) is 15.0 Å². The maximum Gasteiger partial charge on any atom is 0.164 e. The van der Waals surface area contributed by atoms with Gasteiger partial charge in [-0.1, -0.05) is 176 Å². The van der Waals surface area contributed by atoms with E-state index in [1.807, 2.05) is 36.4 Å². The SMILES string of the molecule is c1ccc(-c2cccc(-c3nc(-c4ccc(-c5c6ccccc6cc6c5ccc5ccccc56)cc4)nc(-c4ccccc4-c4cc5ccccc5o4)n3)c2)cc1. The van der Waals surface area contributed by atoms with Gasteiger partial charge in [-0.15, -0.1) is 0 Å². The van der Waals surface area contributed by atoms with Crippen LogP contribution in [0.5, 0.6) is 0 Å². The first-order valence-electron chi connectivity index (χ1n) is 19.2. The number of rotatable bonds is 6. The molecule has 11 rings (SSSR count). The van der Waals surface area contributed by atoms with Crippen LogP contribution in [0.1, 0.15) is 0 Å². The number of para-hydroxylation sites is 1. The van der Waals surface area contributed by atoms with Crippen molar-refractivity contribution < 1.29 is 4.42 Å². The lowest BCUT2D eigenvalue weighted by Crippen LogP contribution is -2.01. The van der Waals surface area contributed by atoms with Gasteiger partial charge in [-0.2, -0.15) is 0 Å². The van der Waals surface area contributed by atoms with Crippen molar-refractivity contribution in [3.05, 3.63) is 200 Å². The fourth-order valence-electron chi connectivity index (χ4n) is 8.15. The highest BCUT2D eigenvalue weighted by Gasteiger charge is 2.19. The first kappa shape index (κ1) is 32.7. The van der Waals surface area contributed by atoms with E-state index in [1.54, 1.807) is 0 Å². The molecule has 11 aromatic rings. The van der Waals surface area contributed by atoms with Gasteiger partial charge in [0.25, 0.3) is 0 Å². The summed E-state index contributed by atoms with van der Waals surface area (Å²) in [5.41, 5.74) is 9.02. The van der Waals surface area contributed by atoms with E-state index in [-0.39, 0.29) is 0 Å². The Kier molecular flexibility index (Phi) is 7.78. The highest BCUT2D eigenvalue weighted by Crippen LogP contribution is 2.41. The van der Waals surface area contributed by atoms with E-state index >= 15 is 0 Å². The largest absolute Gasteiger partial charge is 0.456 e. The normalized spacial score (nSPS) is 11.5. The molecule has 0 bridgehead atoms. The van der Waals surface area contributed by atoms with Crippen LogP contribution in [-0.4, -0.2) is 15.0 Å². The number of benzene rings is 9. The first-order chi connectivity index (χ1) is 28.2. The van der Waals surface area contributed by atoms with Crippen LogP contribution in [0.25, 0.3) is 111 Å². The molecule has 2 aromatic heterocycles. The standard InChI is InChI=1S/C53H33N3O/c1-2-13-34(14-3-1)38-18-12-19-41(31-38)52-54-51(55-53(56-52)46-23-10-9-22-44(46)49-33-40-17-6-11-24-48(40)57-49)37-27-25-36(26-28-37)50-43-21-8-5-16-39(43)32-47-42-20-7-4-15-35(42)29-30-45(47)50/h1-33H. The summed E-state index contributed by atoms with van der Waals surface area (Å²) in [7, 11) is 0. The highest BCUT2D eigenvalue weighted by atomic mass is 16.3. The van der Waals surface area contributed by atoms with Gasteiger partial charge in [0.1, 0.15) is 11.3 Å². The summed E-state index contributed by atoms with van der Waals surface area (Å²) >= 11 is 0. The van der Waals surface area contributed by atoms with Gasteiger partial charge < -0.3 is 4.42 Å². The summed E-state index contributed by atoms with van der Waals surface area (Å²) < 4.78 is 6.38. The Morgan fingerprint density at radius 2 is 0.912 bits per heavy atom. The molecule has 266 valence electrons. The van der Waals surface area contributed by atoms with Gasteiger partial charge in [0.15, 0.2) is 17.5 Å². The Hall–Kier alpha value is -7.69. The van der Waals surface area contributed by atoms with Crippen molar-refractivity contribution in [1.29, 1.82) is 0 Å². The van der Waals surface area contributed by atoms with Gasteiger partial charge in [0.2, 0.25) is 0 Å². The maximum absolute atomic E-state index is 6.38. The highest BCUT2D eigenvalue weighted by molar-refractivity contribution is 6.20. The quantitative estimate of drug-likeness (QED) is 0.126. The Morgan fingerprint density at radius 1 is 0.298 bits per heavy atom. The van der Waals surface area contributed by atoms with Crippen molar-refractivity contribution >= 4 is 43.3 Å². The summed E-state index contributed by atoms with van der Waals surface area (Å²) in [6.07, 6.45) is 0. The Morgan fingerprint density at radius 3 is 1.74 bits per heavy atom. The summed E-state index contributed by atoms with van der Waals surface area (Å²) in [6.45, 7) is 0. The second kappa shape index (κ2) is 13.6. The summed E-state index contributed by atoms with van der Waals surface area (Å²) in [6, 6.07) is 69.9. The second-order valence-electron chi connectivity index (χ2n) is 14.4. The maximum atomic E-state index is 6.38. The Labute approximate surface area is 329 Å². The molecule has 0 unspecified atom stereocenters. The predicted molar refractivity (Wildman–Crippen MR) is 235 cm³/mol. The molecule has 0 aliphatic rings. The molecule has 0 N–H and O–H groups in total. The fraction of sp³-hybridized carbons (Fsp3) is 0. The molecule has 0 aliphatic heterocycles. The zero-order valence-electron chi connectivity index (χ0n) is 30.8. The number of hydrogen-bond donors (Lipinski definition) is 0. The van der Waals surface area contributed by atoms with Crippen molar-refractivity contribution in [3.63, 3.8) is 0 Å². The number of fused-ring (bicyclic) bond motifs is 5. The van der Waals surface area contributed by atoms with Crippen LogP contribution < -0.4 is 0 Å². The van der Waals surface area contributed by atoms with Crippen LogP contribution in [0.15, 0.2) is 205 Å². The minimum absolute atomic E-state index is 0.576. The molecule has 57 heavy (non-hydrogen) atoms. The van der Waals surface area contributed by atoms with Crippen LogP contribution in [0.4, 0.5) is 0 Å².